The van der Waals surface area contributed by atoms with Gasteiger partial charge in [0, 0.05) is 11.3 Å². The van der Waals surface area contributed by atoms with E-state index in [4.69, 9.17) is 9.47 Å². The number of carbonyl (C=O) groups is 2. The van der Waals surface area contributed by atoms with Crippen LogP contribution in [0.2, 0.25) is 0 Å². The van der Waals surface area contributed by atoms with Crippen molar-refractivity contribution in [1.29, 1.82) is 5.26 Å². The van der Waals surface area contributed by atoms with Crippen LogP contribution in [0.5, 0.6) is 5.75 Å². The van der Waals surface area contributed by atoms with Crippen LogP contribution in [0, 0.1) is 17.1 Å². The highest BCUT2D eigenvalue weighted by Gasteiger charge is 2.12. The average molecular weight is 444 g/mol. The SMILES string of the molecule is CCOC(=O)c1ccc(NC(=O)/C(C#N)=C/c2ccccc2OCc2cccc(F)c2)cc1. The monoisotopic (exact) mass is 444 g/mol. The first-order valence-corrected chi connectivity index (χ1v) is 10.2. The molecule has 0 aliphatic carbocycles. The van der Waals surface area contributed by atoms with Crippen molar-refractivity contribution in [1.82, 2.24) is 0 Å². The maximum atomic E-state index is 13.4. The minimum Gasteiger partial charge on any atom is -0.488 e. The fraction of sp³-hybridized carbons (Fsp3) is 0.115. The number of nitrogens with zero attached hydrogens (tertiary/aromatic N) is 1. The predicted molar refractivity (Wildman–Crippen MR) is 122 cm³/mol. The summed E-state index contributed by atoms with van der Waals surface area (Å²) in [6.45, 7) is 2.11. The van der Waals surface area contributed by atoms with Crippen LogP contribution in [-0.4, -0.2) is 18.5 Å². The molecule has 3 aromatic rings. The van der Waals surface area contributed by atoms with Gasteiger partial charge in [-0.25, -0.2) is 9.18 Å². The molecule has 7 heteroatoms. The third-order valence-corrected chi connectivity index (χ3v) is 4.52. The van der Waals surface area contributed by atoms with Crippen molar-refractivity contribution in [3.63, 3.8) is 0 Å². The molecule has 1 amide bonds. The largest absolute Gasteiger partial charge is 0.488 e. The summed E-state index contributed by atoms with van der Waals surface area (Å²) in [6, 6.07) is 21.0. The van der Waals surface area contributed by atoms with Crippen LogP contribution in [-0.2, 0) is 16.1 Å². The van der Waals surface area contributed by atoms with Crippen LogP contribution in [0.4, 0.5) is 10.1 Å². The van der Waals surface area contributed by atoms with Crippen molar-refractivity contribution in [2.45, 2.75) is 13.5 Å². The van der Waals surface area contributed by atoms with Gasteiger partial charge in [0.25, 0.3) is 5.91 Å². The zero-order valence-corrected chi connectivity index (χ0v) is 17.9. The highest BCUT2D eigenvalue weighted by Crippen LogP contribution is 2.23. The van der Waals surface area contributed by atoms with Crippen LogP contribution in [0.15, 0.2) is 78.4 Å². The van der Waals surface area contributed by atoms with E-state index in [1.54, 1.807) is 55.5 Å². The summed E-state index contributed by atoms with van der Waals surface area (Å²) in [4.78, 5) is 24.4. The molecule has 1 N–H and O–H groups in total. The predicted octanol–water partition coefficient (Wildman–Crippen LogP) is 5.13. The second-order valence-electron chi connectivity index (χ2n) is 6.88. The van der Waals surface area contributed by atoms with Crippen molar-refractivity contribution in [2.75, 3.05) is 11.9 Å². The van der Waals surface area contributed by atoms with Crippen LogP contribution in [0.3, 0.4) is 0 Å². The topological polar surface area (TPSA) is 88.4 Å². The standard InChI is InChI=1S/C26H21FN2O4/c1-2-32-26(31)19-10-12-23(13-11-19)29-25(30)21(16-28)15-20-7-3-4-9-24(20)33-17-18-6-5-8-22(27)14-18/h3-15H,2,17H2,1H3,(H,29,30)/b21-15+. The third kappa shape index (κ3) is 6.52. The van der Waals surface area contributed by atoms with Gasteiger partial charge in [-0.2, -0.15) is 5.26 Å². The quantitative estimate of drug-likeness (QED) is 0.296. The first kappa shape index (κ1) is 23.2. The van der Waals surface area contributed by atoms with Crippen molar-refractivity contribution in [2.24, 2.45) is 0 Å². The van der Waals surface area contributed by atoms with Crippen molar-refractivity contribution < 1.29 is 23.5 Å². The van der Waals surface area contributed by atoms with Crippen molar-refractivity contribution in [3.05, 3.63) is 101 Å². The number of hydrogen-bond acceptors (Lipinski definition) is 5. The van der Waals surface area contributed by atoms with Crippen LogP contribution >= 0.6 is 0 Å². The first-order chi connectivity index (χ1) is 16.0. The zero-order chi connectivity index (χ0) is 23.6. The van der Waals surface area contributed by atoms with Gasteiger partial charge in [0.1, 0.15) is 29.8 Å². The lowest BCUT2D eigenvalue weighted by Crippen LogP contribution is -2.13. The Balaban J connectivity index is 1.73. The van der Waals surface area contributed by atoms with Crippen molar-refractivity contribution >= 4 is 23.6 Å². The molecule has 0 aliphatic rings. The number of anilines is 1. The molecule has 0 fully saturated rings. The third-order valence-electron chi connectivity index (χ3n) is 4.52. The van der Waals surface area contributed by atoms with E-state index in [-0.39, 0.29) is 24.6 Å². The van der Waals surface area contributed by atoms with Crippen LogP contribution in [0.1, 0.15) is 28.4 Å². The molecule has 0 unspecified atom stereocenters. The summed E-state index contributed by atoms with van der Waals surface area (Å²) < 4.78 is 24.1. The molecular weight excluding hydrogens is 423 g/mol. The number of amides is 1. The van der Waals surface area contributed by atoms with E-state index in [1.165, 1.54) is 30.3 Å². The molecule has 0 aliphatic heterocycles. The minimum absolute atomic E-state index is 0.128. The Morgan fingerprint density at radius 1 is 1.06 bits per heavy atom. The number of nitrogens with one attached hydrogen (secondary N) is 1. The van der Waals surface area contributed by atoms with E-state index in [2.05, 4.69) is 5.32 Å². The normalized spacial score (nSPS) is 10.8. The zero-order valence-electron chi connectivity index (χ0n) is 17.9. The number of para-hydroxylation sites is 1. The number of halogens is 1. The number of hydrogen-bond donors (Lipinski definition) is 1. The maximum absolute atomic E-state index is 13.4. The average Bonchev–Trinajstić information content (AvgIpc) is 2.82. The summed E-state index contributed by atoms with van der Waals surface area (Å²) in [6.07, 6.45) is 1.42. The summed E-state index contributed by atoms with van der Waals surface area (Å²) in [5.74, 6) is -0.978. The van der Waals surface area contributed by atoms with Gasteiger partial charge in [-0.3, -0.25) is 4.79 Å². The second kappa shape index (κ2) is 11.3. The van der Waals surface area contributed by atoms with Gasteiger partial charge in [-0.15, -0.1) is 0 Å². The number of esters is 1. The molecule has 0 heterocycles. The molecule has 0 radical (unpaired) electrons. The molecular formula is C26H21FN2O4. The maximum Gasteiger partial charge on any atom is 0.338 e. The second-order valence-corrected chi connectivity index (χ2v) is 6.88. The van der Waals surface area contributed by atoms with Gasteiger partial charge < -0.3 is 14.8 Å². The van der Waals surface area contributed by atoms with Gasteiger partial charge in [0.2, 0.25) is 0 Å². The van der Waals surface area contributed by atoms with Gasteiger partial charge >= 0.3 is 5.97 Å². The van der Waals surface area contributed by atoms with E-state index >= 15 is 0 Å². The first-order valence-electron chi connectivity index (χ1n) is 10.2. The molecule has 0 bridgehead atoms. The number of carbonyl (C=O) groups excluding carboxylic acids is 2. The Kier molecular flexibility index (Phi) is 7.92. The van der Waals surface area contributed by atoms with E-state index in [9.17, 15) is 19.2 Å². The van der Waals surface area contributed by atoms with Gasteiger partial charge in [0.05, 0.1) is 12.2 Å². The van der Waals surface area contributed by atoms with Gasteiger partial charge in [0.15, 0.2) is 0 Å². The highest BCUT2D eigenvalue weighted by molar-refractivity contribution is 6.10. The molecule has 0 atom stereocenters. The Labute approximate surface area is 190 Å². The molecule has 3 rings (SSSR count). The molecule has 166 valence electrons. The lowest BCUT2D eigenvalue weighted by atomic mass is 10.1. The molecule has 0 spiro atoms. The van der Waals surface area contributed by atoms with Crippen molar-refractivity contribution in [3.8, 4) is 11.8 Å². The number of ether oxygens (including phenoxy) is 2. The summed E-state index contributed by atoms with van der Waals surface area (Å²) in [5.41, 5.74) is 1.82. The van der Waals surface area contributed by atoms with E-state index in [0.29, 0.717) is 28.1 Å². The van der Waals surface area contributed by atoms with E-state index in [1.807, 2.05) is 6.07 Å². The fourth-order valence-electron chi connectivity index (χ4n) is 2.93. The van der Waals surface area contributed by atoms with E-state index in [0.717, 1.165) is 0 Å². The van der Waals surface area contributed by atoms with Gasteiger partial charge in [-0.1, -0.05) is 30.3 Å². The Morgan fingerprint density at radius 2 is 1.82 bits per heavy atom. The molecule has 0 saturated carbocycles. The number of nitriles is 1. The molecule has 33 heavy (non-hydrogen) atoms. The number of rotatable bonds is 8. The Bertz CT molecular complexity index is 1210. The molecule has 6 nitrogen and oxygen atoms in total. The molecule has 0 saturated heterocycles. The number of benzene rings is 3. The Morgan fingerprint density at radius 3 is 2.52 bits per heavy atom. The van der Waals surface area contributed by atoms with Crippen LogP contribution < -0.4 is 10.1 Å². The van der Waals surface area contributed by atoms with E-state index < -0.39 is 11.9 Å². The summed E-state index contributed by atoms with van der Waals surface area (Å²) >= 11 is 0. The minimum atomic E-state index is -0.610. The lowest BCUT2D eigenvalue weighted by Gasteiger charge is -2.10. The molecule has 0 aromatic heterocycles. The van der Waals surface area contributed by atoms with Gasteiger partial charge in [-0.05, 0) is 61.0 Å². The Hall–Kier alpha value is -4.44. The summed E-state index contributed by atoms with van der Waals surface area (Å²) in [7, 11) is 0. The smallest absolute Gasteiger partial charge is 0.338 e. The fourth-order valence-corrected chi connectivity index (χ4v) is 2.93. The molecule has 3 aromatic carbocycles. The van der Waals surface area contributed by atoms with Crippen LogP contribution in [0.25, 0.3) is 6.08 Å². The summed E-state index contributed by atoms with van der Waals surface area (Å²) in [5, 5.41) is 12.1. The lowest BCUT2D eigenvalue weighted by molar-refractivity contribution is -0.112. The highest BCUT2D eigenvalue weighted by atomic mass is 19.1.